The van der Waals surface area contributed by atoms with Crippen LogP contribution in [0.4, 0.5) is 5.69 Å². The van der Waals surface area contributed by atoms with Gasteiger partial charge in [0.1, 0.15) is 0 Å². The van der Waals surface area contributed by atoms with E-state index in [1.807, 2.05) is 43.9 Å². The first-order valence-electron chi connectivity index (χ1n) is 6.64. The van der Waals surface area contributed by atoms with E-state index in [4.69, 9.17) is 0 Å². The quantitative estimate of drug-likeness (QED) is 0.860. The van der Waals surface area contributed by atoms with Gasteiger partial charge in [0.25, 0.3) is 0 Å². The Morgan fingerprint density at radius 3 is 2.74 bits per heavy atom. The monoisotopic (exact) mass is 324 g/mol. The topological polar surface area (TPSA) is 32.3 Å². The highest BCUT2D eigenvalue weighted by molar-refractivity contribution is 9.10. The van der Waals surface area contributed by atoms with E-state index in [1.54, 1.807) is 0 Å². The van der Waals surface area contributed by atoms with Gasteiger partial charge in [-0.3, -0.25) is 4.79 Å². The van der Waals surface area contributed by atoms with Crippen LogP contribution in [0.2, 0.25) is 0 Å². The molecule has 1 fully saturated rings. The molecule has 19 heavy (non-hydrogen) atoms. The molecule has 1 saturated heterocycles. The molecule has 0 aliphatic carbocycles. The van der Waals surface area contributed by atoms with Crippen LogP contribution in [0, 0.1) is 12.8 Å². The van der Waals surface area contributed by atoms with E-state index in [0.29, 0.717) is 5.92 Å². The van der Waals surface area contributed by atoms with Crippen molar-refractivity contribution in [2.75, 3.05) is 18.0 Å². The molecule has 0 saturated carbocycles. The largest absolute Gasteiger partial charge is 0.310 e. The van der Waals surface area contributed by atoms with Crippen molar-refractivity contribution in [3.05, 3.63) is 28.2 Å². The van der Waals surface area contributed by atoms with E-state index in [0.717, 1.165) is 23.2 Å². The van der Waals surface area contributed by atoms with Crippen LogP contribution in [0.15, 0.2) is 22.7 Å². The van der Waals surface area contributed by atoms with Gasteiger partial charge in [0.05, 0.1) is 5.54 Å². The Morgan fingerprint density at radius 2 is 2.11 bits per heavy atom. The van der Waals surface area contributed by atoms with Crippen molar-refractivity contribution in [1.29, 1.82) is 0 Å². The summed E-state index contributed by atoms with van der Waals surface area (Å²) in [5, 5.41) is 3.34. The number of carbonyl (C=O) groups is 1. The number of benzene rings is 1. The SMILES string of the molecule is Cc1ccc(N2CC(C)CNC(C)(C)C2=O)cc1Br. The van der Waals surface area contributed by atoms with Gasteiger partial charge in [-0.05, 0) is 44.4 Å². The maximum absolute atomic E-state index is 12.7. The summed E-state index contributed by atoms with van der Waals surface area (Å²) in [6.07, 6.45) is 0. The number of rotatable bonds is 1. The molecular weight excluding hydrogens is 304 g/mol. The number of anilines is 1. The van der Waals surface area contributed by atoms with Gasteiger partial charge >= 0.3 is 0 Å². The fourth-order valence-electron chi connectivity index (χ4n) is 2.27. The Kier molecular flexibility index (Phi) is 4.02. The Balaban J connectivity index is 2.39. The second kappa shape index (κ2) is 5.25. The zero-order chi connectivity index (χ0) is 14.2. The first kappa shape index (κ1) is 14.5. The summed E-state index contributed by atoms with van der Waals surface area (Å²) in [7, 11) is 0. The van der Waals surface area contributed by atoms with Crippen LogP contribution >= 0.6 is 15.9 Å². The van der Waals surface area contributed by atoms with E-state index in [1.165, 1.54) is 5.56 Å². The zero-order valence-electron chi connectivity index (χ0n) is 12.0. The molecule has 1 atom stereocenters. The first-order chi connectivity index (χ1) is 8.81. The van der Waals surface area contributed by atoms with E-state index in [9.17, 15) is 4.79 Å². The Morgan fingerprint density at radius 1 is 1.42 bits per heavy atom. The lowest BCUT2D eigenvalue weighted by atomic mass is 10.0. The number of aryl methyl sites for hydroxylation is 1. The van der Waals surface area contributed by atoms with E-state index in [-0.39, 0.29) is 5.91 Å². The molecule has 3 nitrogen and oxygen atoms in total. The van der Waals surface area contributed by atoms with Gasteiger partial charge in [-0.15, -0.1) is 0 Å². The minimum atomic E-state index is -0.512. The molecule has 1 aliphatic rings. The minimum absolute atomic E-state index is 0.132. The number of carbonyl (C=O) groups excluding carboxylic acids is 1. The Hall–Kier alpha value is -0.870. The predicted molar refractivity (Wildman–Crippen MR) is 82.5 cm³/mol. The summed E-state index contributed by atoms with van der Waals surface area (Å²) in [6.45, 7) is 9.73. The van der Waals surface area contributed by atoms with Crippen LogP contribution in [0.1, 0.15) is 26.3 Å². The molecule has 1 unspecified atom stereocenters. The summed E-state index contributed by atoms with van der Waals surface area (Å²) in [6, 6.07) is 6.09. The van der Waals surface area contributed by atoms with Gasteiger partial charge in [0.2, 0.25) is 5.91 Å². The molecular formula is C15H21BrN2O. The molecule has 1 heterocycles. The van der Waals surface area contributed by atoms with Gasteiger partial charge in [0, 0.05) is 23.2 Å². The lowest BCUT2D eigenvalue weighted by molar-refractivity contribution is -0.123. The molecule has 0 aromatic heterocycles. The van der Waals surface area contributed by atoms with Gasteiger partial charge in [-0.25, -0.2) is 0 Å². The maximum atomic E-state index is 12.7. The van der Waals surface area contributed by atoms with Gasteiger partial charge in [-0.1, -0.05) is 28.9 Å². The third-order valence-electron chi connectivity index (χ3n) is 3.63. The van der Waals surface area contributed by atoms with Crippen LogP contribution < -0.4 is 10.2 Å². The molecule has 0 bridgehead atoms. The summed E-state index contributed by atoms with van der Waals surface area (Å²) in [5.74, 6) is 0.568. The summed E-state index contributed by atoms with van der Waals surface area (Å²) in [4.78, 5) is 14.6. The average Bonchev–Trinajstić information content (AvgIpc) is 2.45. The highest BCUT2D eigenvalue weighted by Gasteiger charge is 2.36. The molecule has 104 valence electrons. The highest BCUT2D eigenvalue weighted by atomic mass is 79.9. The lowest BCUT2D eigenvalue weighted by Crippen LogP contribution is -2.51. The van der Waals surface area contributed by atoms with Gasteiger partial charge in [-0.2, -0.15) is 0 Å². The summed E-state index contributed by atoms with van der Waals surface area (Å²) in [5.41, 5.74) is 1.63. The van der Waals surface area contributed by atoms with Crippen LogP contribution in [0.5, 0.6) is 0 Å². The predicted octanol–water partition coefficient (Wildman–Crippen LogP) is 3.11. The second-order valence-corrected chi connectivity index (χ2v) is 6.81. The number of amides is 1. The van der Waals surface area contributed by atoms with Gasteiger partial charge in [0.15, 0.2) is 0 Å². The molecule has 1 amide bonds. The standard InChI is InChI=1S/C15H21BrN2O/c1-10-8-17-15(3,4)14(19)18(9-10)12-6-5-11(2)13(16)7-12/h5-7,10,17H,8-9H2,1-4H3. The fraction of sp³-hybridized carbons (Fsp3) is 0.533. The number of nitrogens with one attached hydrogen (secondary N) is 1. The highest BCUT2D eigenvalue weighted by Crippen LogP contribution is 2.27. The molecule has 1 aliphatic heterocycles. The van der Waals surface area contributed by atoms with E-state index in [2.05, 4.69) is 28.2 Å². The van der Waals surface area contributed by atoms with Crippen molar-refractivity contribution in [1.82, 2.24) is 5.32 Å². The van der Waals surface area contributed by atoms with Gasteiger partial charge < -0.3 is 10.2 Å². The number of halogens is 1. The van der Waals surface area contributed by atoms with Crippen molar-refractivity contribution < 1.29 is 4.79 Å². The maximum Gasteiger partial charge on any atom is 0.246 e. The second-order valence-electron chi connectivity index (χ2n) is 5.96. The van der Waals surface area contributed by atoms with Crippen molar-refractivity contribution >= 4 is 27.5 Å². The number of hydrogen-bond donors (Lipinski definition) is 1. The van der Waals surface area contributed by atoms with Crippen LogP contribution in [0.25, 0.3) is 0 Å². The third kappa shape index (κ3) is 3.00. The molecule has 2 rings (SSSR count). The molecule has 4 heteroatoms. The van der Waals surface area contributed by atoms with Crippen LogP contribution in [0.3, 0.4) is 0 Å². The first-order valence-corrected chi connectivity index (χ1v) is 7.43. The molecule has 1 N–H and O–H groups in total. The number of hydrogen-bond acceptors (Lipinski definition) is 2. The van der Waals surface area contributed by atoms with Crippen molar-refractivity contribution in [2.24, 2.45) is 5.92 Å². The minimum Gasteiger partial charge on any atom is -0.310 e. The fourth-order valence-corrected chi connectivity index (χ4v) is 2.64. The van der Waals surface area contributed by atoms with Crippen molar-refractivity contribution in [3.63, 3.8) is 0 Å². The molecule has 0 spiro atoms. The van der Waals surface area contributed by atoms with Crippen molar-refractivity contribution in [2.45, 2.75) is 33.2 Å². The smallest absolute Gasteiger partial charge is 0.246 e. The van der Waals surface area contributed by atoms with E-state index >= 15 is 0 Å². The normalized spacial score (nSPS) is 23.3. The van der Waals surface area contributed by atoms with Crippen molar-refractivity contribution in [3.8, 4) is 0 Å². The molecule has 0 radical (unpaired) electrons. The Bertz CT molecular complexity index is 499. The zero-order valence-corrected chi connectivity index (χ0v) is 13.5. The Labute approximate surface area is 123 Å². The number of nitrogens with zero attached hydrogens (tertiary/aromatic N) is 1. The van der Waals surface area contributed by atoms with E-state index < -0.39 is 5.54 Å². The summed E-state index contributed by atoms with van der Waals surface area (Å²) >= 11 is 3.54. The van der Waals surface area contributed by atoms with Crippen LogP contribution in [-0.4, -0.2) is 24.5 Å². The molecule has 1 aromatic rings. The van der Waals surface area contributed by atoms with Crippen LogP contribution in [-0.2, 0) is 4.79 Å². The lowest BCUT2D eigenvalue weighted by Gasteiger charge is -2.29. The molecule has 1 aromatic carbocycles. The average molecular weight is 325 g/mol. The summed E-state index contributed by atoms with van der Waals surface area (Å²) < 4.78 is 1.04. The third-order valence-corrected chi connectivity index (χ3v) is 4.49.